The lowest BCUT2D eigenvalue weighted by Gasteiger charge is -2.08. The number of hydrogen-bond acceptors (Lipinski definition) is 3. The van der Waals surface area contributed by atoms with Gasteiger partial charge in [0.1, 0.15) is 6.61 Å². The lowest BCUT2D eigenvalue weighted by atomic mass is 10.2. The molecule has 0 aliphatic carbocycles. The average molecular weight is 216 g/mol. The molecule has 0 spiro atoms. The molecule has 2 N–H and O–H groups in total. The van der Waals surface area contributed by atoms with Crippen LogP contribution in [0.5, 0.6) is 0 Å². The first kappa shape index (κ1) is 13.9. The zero-order chi connectivity index (χ0) is 11.7. The largest absolute Gasteiger partial charge is 0.375 e. The van der Waals surface area contributed by atoms with Crippen LogP contribution in [-0.2, 0) is 14.3 Å². The van der Waals surface area contributed by atoms with Gasteiger partial charge in [-0.15, -0.1) is 0 Å². The van der Waals surface area contributed by atoms with Gasteiger partial charge in [-0.1, -0.05) is 13.8 Å². The Morgan fingerprint density at radius 1 is 1.20 bits per heavy atom. The van der Waals surface area contributed by atoms with Gasteiger partial charge >= 0.3 is 0 Å². The van der Waals surface area contributed by atoms with E-state index in [9.17, 15) is 9.59 Å². The Labute approximate surface area is 90.6 Å². The molecule has 0 unspecified atom stereocenters. The molecule has 0 rings (SSSR count). The van der Waals surface area contributed by atoms with Gasteiger partial charge in [-0.3, -0.25) is 9.59 Å². The second-order valence-corrected chi connectivity index (χ2v) is 3.58. The second kappa shape index (κ2) is 8.23. The van der Waals surface area contributed by atoms with Crippen molar-refractivity contribution in [3.63, 3.8) is 0 Å². The van der Waals surface area contributed by atoms with E-state index in [1.807, 2.05) is 13.8 Å². The summed E-state index contributed by atoms with van der Waals surface area (Å²) in [5.74, 6) is -0.0843. The molecule has 0 atom stereocenters. The van der Waals surface area contributed by atoms with E-state index >= 15 is 0 Å². The highest BCUT2D eigenvalue weighted by atomic mass is 16.5. The molecule has 0 aliphatic rings. The van der Waals surface area contributed by atoms with Gasteiger partial charge in [-0.05, 0) is 6.42 Å². The van der Waals surface area contributed by atoms with Crippen molar-refractivity contribution in [2.45, 2.75) is 20.3 Å². The summed E-state index contributed by atoms with van der Waals surface area (Å²) >= 11 is 0. The summed E-state index contributed by atoms with van der Waals surface area (Å²) in [5, 5.41) is 5.44. The van der Waals surface area contributed by atoms with Crippen molar-refractivity contribution < 1.29 is 14.3 Å². The van der Waals surface area contributed by atoms with Gasteiger partial charge in [0.2, 0.25) is 11.8 Å². The minimum atomic E-state index is -0.132. The van der Waals surface area contributed by atoms with Gasteiger partial charge in [0.15, 0.2) is 0 Å². The molecular weight excluding hydrogens is 196 g/mol. The molecule has 0 fully saturated rings. The van der Waals surface area contributed by atoms with Gasteiger partial charge in [-0.25, -0.2) is 0 Å². The van der Waals surface area contributed by atoms with Gasteiger partial charge in [0.25, 0.3) is 0 Å². The molecule has 88 valence electrons. The molecule has 0 aliphatic heterocycles. The molecule has 2 amide bonds. The number of amides is 2. The van der Waals surface area contributed by atoms with Gasteiger partial charge in [0, 0.05) is 26.1 Å². The van der Waals surface area contributed by atoms with Crippen molar-refractivity contribution in [2.24, 2.45) is 5.92 Å². The van der Waals surface area contributed by atoms with Crippen molar-refractivity contribution in [3.8, 4) is 0 Å². The van der Waals surface area contributed by atoms with Crippen molar-refractivity contribution in [1.82, 2.24) is 10.6 Å². The van der Waals surface area contributed by atoms with Gasteiger partial charge in [-0.2, -0.15) is 0 Å². The van der Waals surface area contributed by atoms with Crippen LogP contribution in [0.4, 0.5) is 0 Å². The summed E-state index contributed by atoms with van der Waals surface area (Å²) in [4.78, 5) is 22.0. The second-order valence-electron chi connectivity index (χ2n) is 3.58. The Balaban J connectivity index is 3.32. The van der Waals surface area contributed by atoms with Crippen LogP contribution < -0.4 is 10.6 Å². The Morgan fingerprint density at radius 2 is 1.80 bits per heavy atom. The fraction of sp³-hybridized carbons (Fsp3) is 0.800. The topological polar surface area (TPSA) is 67.4 Å². The van der Waals surface area contributed by atoms with Gasteiger partial charge in [0.05, 0.1) is 0 Å². The van der Waals surface area contributed by atoms with E-state index in [1.54, 1.807) is 0 Å². The van der Waals surface area contributed by atoms with E-state index in [4.69, 9.17) is 0 Å². The highest BCUT2D eigenvalue weighted by molar-refractivity contribution is 5.78. The van der Waals surface area contributed by atoms with Crippen LogP contribution in [0.1, 0.15) is 20.3 Å². The SMILES string of the molecule is COCC(=O)NCCCNC(=O)C(C)C. The third-order valence-corrected chi connectivity index (χ3v) is 1.77. The lowest BCUT2D eigenvalue weighted by Crippen LogP contribution is -2.33. The number of nitrogens with one attached hydrogen (secondary N) is 2. The standard InChI is InChI=1S/C10H20N2O3/c1-8(2)10(14)12-6-4-5-11-9(13)7-15-3/h8H,4-7H2,1-3H3,(H,11,13)(H,12,14). The van der Waals surface area contributed by atoms with Crippen LogP contribution in [-0.4, -0.2) is 38.6 Å². The summed E-state index contributed by atoms with van der Waals surface area (Å²) in [7, 11) is 1.47. The molecule has 0 aromatic rings. The zero-order valence-electron chi connectivity index (χ0n) is 9.63. The first-order chi connectivity index (χ1) is 7.07. The van der Waals surface area contributed by atoms with Crippen LogP contribution in [0.15, 0.2) is 0 Å². The number of ether oxygens (including phenoxy) is 1. The van der Waals surface area contributed by atoms with Crippen LogP contribution in [0.25, 0.3) is 0 Å². The van der Waals surface area contributed by atoms with E-state index in [-0.39, 0.29) is 24.3 Å². The van der Waals surface area contributed by atoms with Crippen LogP contribution in [0.3, 0.4) is 0 Å². The summed E-state index contributed by atoms with van der Waals surface area (Å²) in [6.07, 6.45) is 0.730. The molecule has 5 nitrogen and oxygen atoms in total. The monoisotopic (exact) mass is 216 g/mol. The molecule has 15 heavy (non-hydrogen) atoms. The van der Waals surface area contributed by atoms with Crippen molar-refractivity contribution in [3.05, 3.63) is 0 Å². The fourth-order valence-corrected chi connectivity index (χ4v) is 0.914. The highest BCUT2D eigenvalue weighted by Gasteiger charge is 2.04. The predicted molar refractivity (Wildman–Crippen MR) is 57.4 cm³/mol. The fourth-order valence-electron chi connectivity index (χ4n) is 0.914. The molecule has 5 heteroatoms. The summed E-state index contributed by atoms with van der Waals surface area (Å²) in [6.45, 7) is 4.91. The Morgan fingerprint density at radius 3 is 2.33 bits per heavy atom. The number of hydrogen-bond donors (Lipinski definition) is 2. The number of carbonyl (C=O) groups excluding carboxylic acids is 2. The van der Waals surface area contributed by atoms with Gasteiger partial charge < -0.3 is 15.4 Å². The minimum Gasteiger partial charge on any atom is -0.375 e. The maximum Gasteiger partial charge on any atom is 0.245 e. The summed E-state index contributed by atoms with van der Waals surface area (Å²) < 4.78 is 4.65. The maximum atomic E-state index is 11.1. The number of rotatable bonds is 7. The highest BCUT2D eigenvalue weighted by Crippen LogP contribution is 1.89. The molecule has 0 saturated carbocycles. The van der Waals surface area contributed by atoms with Crippen LogP contribution in [0.2, 0.25) is 0 Å². The third kappa shape index (κ3) is 7.93. The molecule has 0 heterocycles. The van der Waals surface area contributed by atoms with Crippen molar-refractivity contribution in [2.75, 3.05) is 26.8 Å². The van der Waals surface area contributed by atoms with Crippen molar-refractivity contribution in [1.29, 1.82) is 0 Å². The van der Waals surface area contributed by atoms with E-state index in [1.165, 1.54) is 7.11 Å². The van der Waals surface area contributed by atoms with Crippen LogP contribution in [0, 0.1) is 5.92 Å². The number of methoxy groups -OCH3 is 1. The quantitative estimate of drug-likeness (QED) is 0.584. The smallest absolute Gasteiger partial charge is 0.245 e. The minimum absolute atomic E-state index is 0.00748. The average Bonchev–Trinajstić information content (AvgIpc) is 2.17. The summed E-state index contributed by atoms with van der Waals surface area (Å²) in [6, 6.07) is 0. The number of carbonyl (C=O) groups is 2. The Kier molecular flexibility index (Phi) is 7.62. The molecular formula is C10H20N2O3. The van der Waals surface area contributed by atoms with E-state index < -0.39 is 0 Å². The van der Waals surface area contributed by atoms with E-state index in [0.29, 0.717) is 13.1 Å². The molecule has 0 saturated heterocycles. The Hall–Kier alpha value is -1.10. The zero-order valence-corrected chi connectivity index (χ0v) is 9.63. The molecule has 0 aromatic heterocycles. The van der Waals surface area contributed by atoms with E-state index in [2.05, 4.69) is 15.4 Å². The Bertz CT molecular complexity index is 205. The first-order valence-electron chi connectivity index (χ1n) is 5.11. The van der Waals surface area contributed by atoms with Crippen LogP contribution >= 0.6 is 0 Å². The molecule has 0 bridgehead atoms. The molecule has 0 radical (unpaired) electrons. The summed E-state index contributed by atoms with van der Waals surface area (Å²) in [5.41, 5.74) is 0. The first-order valence-corrected chi connectivity index (χ1v) is 5.11. The lowest BCUT2D eigenvalue weighted by molar-refractivity contribution is -0.124. The maximum absolute atomic E-state index is 11.1. The van der Waals surface area contributed by atoms with Crippen molar-refractivity contribution >= 4 is 11.8 Å². The predicted octanol–water partition coefficient (Wildman–Crippen LogP) is -0.0887. The third-order valence-electron chi connectivity index (χ3n) is 1.77. The van der Waals surface area contributed by atoms with E-state index in [0.717, 1.165) is 6.42 Å². The normalized spacial score (nSPS) is 10.1. The molecule has 0 aromatic carbocycles.